The molecule has 0 radical (unpaired) electrons. The molecule has 2 aliphatic rings. The Labute approximate surface area is 185 Å². The van der Waals surface area contributed by atoms with Crippen molar-refractivity contribution in [2.75, 3.05) is 18.5 Å². The molecule has 0 N–H and O–H groups in total. The van der Waals surface area contributed by atoms with Gasteiger partial charge < -0.3 is 4.90 Å². The van der Waals surface area contributed by atoms with Gasteiger partial charge in [-0.1, -0.05) is 72.6 Å². The second-order valence-electron chi connectivity index (χ2n) is 9.14. The smallest absolute Gasteiger partial charge is 0.244 e. The van der Waals surface area contributed by atoms with Crippen LogP contribution in [0, 0.1) is 13.8 Å². The maximum atomic E-state index is 13.9. The molecule has 160 valence electrons. The summed E-state index contributed by atoms with van der Waals surface area (Å²) in [5.74, 6) is 0.0597. The van der Waals surface area contributed by atoms with Crippen molar-refractivity contribution in [2.24, 2.45) is 0 Å². The van der Waals surface area contributed by atoms with Crippen LogP contribution in [0.25, 0.3) is 0 Å². The Morgan fingerprint density at radius 3 is 2.10 bits per heavy atom. The minimum Gasteiger partial charge on any atom is -0.357 e. The van der Waals surface area contributed by atoms with Crippen molar-refractivity contribution in [2.45, 2.75) is 43.2 Å². The zero-order chi connectivity index (χ0) is 22.0. The van der Waals surface area contributed by atoms with Crippen LogP contribution in [-0.2, 0) is 15.4 Å². The first-order chi connectivity index (χ1) is 14.7. The summed E-state index contributed by atoms with van der Waals surface area (Å²) in [6.45, 7) is 6.74. The third kappa shape index (κ3) is 2.87. The summed E-state index contributed by atoms with van der Waals surface area (Å²) in [5, 5.41) is 0. The van der Waals surface area contributed by atoms with E-state index in [1.165, 1.54) is 16.7 Å². The summed E-state index contributed by atoms with van der Waals surface area (Å²) in [4.78, 5) is 2.50. The van der Waals surface area contributed by atoms with E-state index in [4.69, 9.17) is 0 Å². The van der Waals surface area contributed by atoms with E-state index in [0.717, 1.165) is 11.3 Å². The van der Waals surface area contributed by atoms with Crippen LogP contribution in [0.15, 0.2) is 77.7 Å². The van der Waals surface area contributed by atoms with Gasteiger partial charge in [-0.05, 0) is 43.2 Å². The lowest BCUT2D eigenvalue weighted by Gasteiger charge is -2.35. The van der Waals surface area contributed by atoms with Crippen LogP contribution in [0.3, 0.4) is 0 Å². The molecule has 0 aliphatic carbocycles. The summed E-state index contributed by atoms with van der Waals surface area (Å²) in [6, 6.07) is 24.1. The van der Waals surface area contributed by atoms with Gasteiger partial charge in [0.1, 0.15) is 6.17 Å². The van der Waals surface area contributed by atoms with Gasteiger partial charge in [-0.3, -0.25) is 0 Å². The van der Waals surface area contributed by atoms with Crippen LogP contribution in [0.5, 0.6) is 0 Å². The molecule has 0 bridgehead atoms. The van der Waals surface area contributed by atoms with Crippen molar-refractivity contribution in [3.8, 4) is 0 Å². The summed E-state index contributed by atoms with van der Waals surface area (Å²) in [5.41, 5.74) is 5.42. The van der Waals surface area contributed by atoms with Crippen molar-refractivity contribution in [1.82, 2.24) is 4.31 Å². The lowest BCUT2D eigenvalue weighted by atomic mass is 9.71. The Bertz CT molecular complexity index is 1240. The molecule has 1 saturated heterocycles. The maximum absolute atomic E-state index is 13.9. The minimum absolute atomic E-state index is 0.0597. The van der Waals surface area contributed by atoms with Crippen LogP contribution in [-0.4, -0.2) is 32.5 Å². The fourth-order valence-electron chi connectivity index (χ4n) is 5.56. The second-order valence-corrected chi connectivity index (χ2v) is 11.0. The molecule has 0 amide bonds. The molecule has 0 aromatic heterocycles. The molecule has 5 heteroatoms. The van der Waals surface area contributed by atoms with Gasteiger partial charge >= 0.3 is 0 Å². The summed E-state index contributed by atoms with van der Waals surface area (Å²) in [7, 11) is -1.64. The first-order valence-corrected chi connectivity index (χ1v) is 12.2. The monoisotopic (exact) mass is 432 g/mol. The molecule has 0 unspecified atom stereocenters. The highest BCUT2D eigenvalue weighted by atomic mass is 32.2. The Hall–Kier alpha value is -2.63. The summed E-state index contributed by atoms with van der Waals surface area (Å²) >= 11 is 0. The number of hydrogen-bond donors (Lipinski definition) is 0. The van der Waals surface area contributed by atoms with Gasteiger partial charge in [-0.2, -0.15) is 4.31 Å². The van der Waals surface area contributed by atoms with Gasteiger partial charge in [0.15, 0.2) is 0 Å². The maximum Gasteiger partial charge on any atom is 0.244 e. The van der Waals surface area contributed by atoms with E-state index >= 15 is 0 Å². The zero-order valence-corrected chi connectivity index (χ0v) is 19.2. The number of aryl methyl sites for hydroxylation is 2. The number of para-hydroxylation sites is 1. The third-order valence-electron chi connectivity index (χ3n) is 7.23. The van der Waals surface area contributed by atoms with Crippen molar-refractivity contribution < 1.29 is 8.42 Å². The largest absolute Gasteiger partial charge is 0.357 e. The van der Waals surface area contributed by atoms with E-state index in [1.807, 2.05) is 32.2 Å². The van der Waals surface area contributed by atoms with Crippen LogP contribution in [0.1, 0.15) is 35.1 Å². The lowest BCUT2D eigenvalue weighted by Crippen LogP contribution is -2.49. The average molecular weight is 433 g/mol. The van der Waals surface area contributed by atoms with Crippen LogP contribution in [0.4, 0.5) is 5.69 Å². The third-order valence-corrected chi connectivity index (χ3v) is 9.07. The summed E-state index contributed by atoms with van der Waals surface area (Å²) in [6.07, 6.45) is -0.275. The predicted molar refractivity (Wildman–Crippen MR) is 125 cm³/mol. The molecule has 2 heterocycles. The second kappa shape index (κ2) is 6.94. The minimum atomic E-state index is -3.66. The van der Waals surface area contributed by atoms with Crippen LogP contribution < -0.4 is 4.90 Å². The lowest BCUT2D eigenvalue weighted by molar-refractivity contribution is 0.324. The molecule has 5 rings (SSSR count). The molecule has 3 atom stereocenters. The van der Waals surface area contributed by atoms with E-state index in [0.29, 0.717) is 11.4 Å². The zero-order valence-electron chi connectivity index (χ0n) is 18.4. The van der Waals surface area contributed by atoms with Gasteiger partial charge in [0.2, 0.25) is 10.0 Å². The normalized spacial score (nSPS) is 25.5. The number of nitrogens with zero attached hydrogens (tertiary/aromatic N) is 2. The number of sulfonamides is 1. The van der Waals surface area contributed by atoms with Crippen molar-refractivity contribution in [1.29, 1.82) is 0 Å². The molecular formula is C26H28N2O2S. The van der Waals surface area contributed by atoms with Crippen LogP contribution in [0.2, 0.25) is 0 Å². The molecule has 31 heavy (non-hydrogen) atoms. The standard InChI is InChI=1S/C26H28N2O2S/c1-18-9-13-20(14-10-18)23-17-28(31(29,30)21-15-11-19(2)12-16-21)25-26(23,3)22-7-5-6-8-24(22)27(25)4/h5-16,23,25H,17H2,1-4H3/t23-,25-,26+/m0/s1. The molecule has 3 aromatic rings. The van der Waals surface area contributed by atoms with Crippen molar-refractivity contribution >= 4 is 15.7 Å². The molecule has 0 saturated carbocycles. The molecule has 2 aliphatic heterocycles. The fraction of sp³-hybridized carbons (Fsp3) is 0.308. The van der Waals surface area contributed by atoms with E-state index in [1.54, 1.807) is 16.4 Å². The molecule has 0 spiro atoms. The highest BCUT2D eigenvalue weighted by molar-refractivity contribution is 7.89. The quantitative estimate of drug-likeness (QED) is 0.595. The predicted octanol–water partition coefficient (Wildman–Crippen LogP) is 4.83. The van der Waals surface area contributed by atoms with Gasteiger partial charge in [0, 0.05) is 30.6 Å². The van der Waals surface area contributed by atoms with Gasteiger partial charge in [-0.25, -0.2) is 8.42 Å². The number of fused-ring (bicyclic) bond motifs is 3. The number of likely N-dealkylation sites (N-methyl/N-ethyl adjacent to an activating group) is 1. The highest BCUT2D eigenvalue weighted by Gasteiger charge is 2.61. The number of anilines is 1. The Morgan fingerprint density at radius 2 is 1.45 bits per heavy atom. The van der Waals surface area contributed by atoms with Gasteiger partial charge in [0.05, 0.1) is 4.90 Å². The van der Waals surface area contributed by atoms with E-state index in [9.17, 15) is 8.42 Å². The van der Waals surface area contributed by atoms with Crippen molar-refractivity contribution in [3.05, 3.63) is 95.1 Å². The van der Waals surface area contributed by atoms with Crippen LogP contribution >= 0.6 is 0 Å². The number of hydrogen-bond acceptors (Lipinski definition) is 3. The average Bonchev–Trinajstić information content (AvgIpc) is 3.19. The van der Waals surface area contributed by atoms with E-state index in [2.05, 4.69) is 61.2 Å². The molecule has 4 nitrogen and oxygen atoms in total. The Morgan fingerprint density at radius 1 is 0.871 bits per heavy atom. The van der Waals surface area contributed by atoms with Crippen molar-refractivity contribution in [3.63, 3.8) is 0 Å². The van der Waals surface area contributed by atoms with E-state index in [-0.39, 0.29) is 17.5 Å². The van der Waals surface area contributed by atoms with E-state index < -0.39 is 10.0 Å². The topological polar surface area (TPSA) is 40.6 Å². The summed E-state index contributed by atoms with van der Waals surface area (Å²) < 4.78 is 29.4. The Balaban J connectivity index is 1.69. The molecular weight excluding hydrogens is 404 g/mol. The molecule has 3 aromatic carbocycles. The van der Waals surface area contributed by atoms with Gasteiger partial charge in [-0.15, -0.1) is 0 Å². The van der Waals surface area contributed by atoms with Gasteiger partial charge in [0.25, 0.3) is 0 Å². The fourth-order valence-corrected chi connectivity index (χ4v) is 7.28. The number of rotatable bonds is 3. The number of benzene rings is 3. The molecule has 1 fully saturated rings. The Kier molecular flexibility index (Phi) is 4.54. The first kappa shape index (κ1) is 20.3. The first-order valence-electron chi connectivity index (χ1n) is 10.7. The SMILES string of the molecule is Cc1ccc([C@@H]2CN(S(=O)(=O)c3ccc(C)cc3)[C@@H]3N(C)c4ccccc4[C@]23C)cc1. The highest BCUT2D eigenvalue weighted by Crippen LogP contribution is 2.58.